The van der Waals surface area contributed by atoms with Crippen molar-refractivity contribution in [2.75, 3.05) is 38.9 Å². The molecule has 2 aliphatic rings. The molecule has 0 saturated carbocycles. The van der Waals surface area contributed by atoms with Gasteiger partial charge in [-0.3, -0.25) is 32.5 Å². The number of nitrogens with zero attached hydrogens (tertiary/aromatic N) is 7. The van der Waals surface area contributed by atoms with Gasteiger partial charge < -0.3 is 60.0 Å². The fourth-order valence-corrected chi connectivity index (χ4v) is 9.78. The Bertz CT molecular complexity index is 2340. The van der Waals surface area contributed by atoms with Gasteiger partial charge in [0.15, 0.2) is 35.1 Å². The van der Waals surface area contributed by atoms with E-state index in [1.165, 1.54) is 28.9 Å². The minimum absolute atomic E-state index is 0.0355. The fraction of sp³-hybridized carbons (Fsp3) is 0.545. The molecule has 11 atom stereocenters. The van der Waals surface area contributed by atoms with Gasteiger partial charge in [0.25, 0.3) is 5.56 Å². The molecule has 4 aromatic heterocycles. The zero-order valence-electron chi connectivity index (χ0n) is 28.2. The van der Waals surface area contributed by atoms with Crippen LogP contribution in [0.4, 0.5) is 11.8 Å². The van der Waals surface area contributed by atoms with Crippen LogP contribution < -0.4 is 17.0 Å². The molecule has 0 amide bonds. The molecule has 56 heavy (non-hydrogen) atoms. The number of aliphatic hydroxyl groups excluding tert-OH is 1. The van der Waals surface area contributed by atoms with Crippen molar-refractivity contribution in [3.63, 3.8) is 0 Å². The van der Waals surface area contributed by atoms with E-state index in [4.69, 9.17) is 53.8 Å². The highest BCUT2D eigenvalue weighted by Crippen LogP contribution is 2.66. The zero-order chi connectivity index (χ0) is 41.0. The third kappa shape index (κ3) is 9.09. The number of H-pyrrole nitrogens is 1. The molecule has 0 bridgehead atoms. The Morgan fingerprint density at radius 2 is 1.36 bits per heavy atom. The highest BCUT2D eigenvalue weighted by molar-refractivity contribution is 7.66. The zero-order valence-corrected chi connectivity index (χ0v) is 31.8. The van der Waals surface area contributed by atoms with Crippen molar-refractivity contribution in [2.45, 2.75) is 49.1 Å². The number of anilines is 2. The lowest BCUT2D eigenvalue weighted by molar-refractivity contribution is -0.0625. The van der Waals surface area contributed by atoms with Gasteiger partial charge in [0.2, 0.25) is 5.95 Å². The average molecular weight is 880 g/mol. The van der Waals surface area contributed by atoms with Gasteiger partial charge in [0.1, 0.15) is 48.5 Å². The van der Waals surface area contributed by atoms with Crippen LogP contribution in [0.2, 0.25) is 0 Å². The Balaban J connectivity index is 1.22. The van der Waals surface area contributed by atoms with Crippen molar-refractivity contribution in [3.05, 3.63) is 29.3 Å². The predicted molar refractivity (Wildman–Crippen MR) is 178 cm³/mol. The van der Waals surface area contributed by atoms with E-state index in [1.54, 1.807) is 0 Å². The fourth-order valence-electron chi connectivity index (χ4n) is 5.79. The van der Waals surface area contributed by atoms with Crippen LogP contribution in [-0.2, 0) is 59.4 Å². The minimum atomic E-state index is -5.93. The molecule has 2 saturated heterocycles. The van der Waals surface area contributed by atoms with Crippen LogP contribution >= 0.6 is 31.3 Å². The summed E-state index contributed by atoms with van der Waals surface area (Å²) in [6.07, 6.45) is -8.28. The topological polar surface area (TPSA) is 432 Å². The van der Waals surface area contributed by atoms with Crippen molar-refractivity contribution in [1.29, 1.82) is 0 Å². The first-order chi connectivity index (χ1) is 26.1. The third-order valence-corrected chi connectivity index (χ3v) is 12.8. The lowest BCUT2D eigenvalue weighted by Crippen LogP contribution is -2.38. The number of aromatic nitrogens is 8. The molecule has 2 fully saturated rings. The molecule has 11 N–H and O–H groups in total. The number of ether oxygens (including phenoxy) is 4. The Morgan fingerprint density at radius 3 is 2.02 bits per heavy atom. The van der Waals surface area contributed by atoms with Crippen LogP contribution in [0.1, 0.15) is 12.5 Å². The monoisotopic (exact) mass is 880 g/mol. The average Bonchev–Trinajstić information content (AvgIpc) is 3.84. The standard InChI is InChI=1S/C22H32N10O20P4/c1-44-14-12(33)8(48-20(14)32-7-28-11-18(32)29-22(24)30-19(11)34)3-46-54(38,39)50-13-9(4-47-55(40,41)52-56(42,43)51-53(35,36)37)49-21(15(13)45-2)31-6-27-10-16(23)25-5-26-17(10)31/h5-9,12-15,20-21,33H,3-4H2,1-2H3,(H,38,39)(H,40,41)(H,42,43)(H2,23,25,26)(H2,35,36,37)(H3,24,29,30,34)/t8-,9-,12-,13-,14-,15-,20-,21-/m1/s1. The largest absolute Gasteiger partial charge is 0.490 e. The smallest absolute Gasteiger partial charge is 0.387 e. The van der Waals surface area contributed by atoms with Gasteiger partial charge in [0.05, 0.1) is 25.9 Å². The van der Waals surface area contributed by atoms with Gasteiger partial charge in [-0.05, 0) is 0 Å². The maximum atomic E-state index is 13.5. The third-order valence-electron chi connectivity index (χ3n) is 8.00. The number of phosphoric acid groups is 4. The van der Waals surface area contributed by atoms with Crippen LogP contribution in [0.25, 0.3) is 22.3 Å². The number of rotatable bonds is 16. The summed E-state index contributed by atoms with van der Waals surface area (Å²) in [5.41, 5.74) is 10.9. The summed E-state index contributed by atoms with van der Waals surface area (Å²) in [7, 11) is -20.3. The number of nitrogens with one attached hydrogen (secondary N) is 1. The van der Waals surface area contributed by atoms with Crippen molar-refractivity contribution >= 4 is 65.4 Å². The molecule has 4 aromatic rings. The number of nitrogens with two attached hydrogens (primary N) is 2. The van der Waals surface area contributed by atoms with Gasteiger partial charge in [-0.1, -0.05) is 0 Å². The van der Waals surface area contributed by atoms with Gasteiger partial charge in [-0.25, -0.2) is 38.2 Å². The second-order valence-electron chi connectivity index (χ2n) is 11.6. The van der Waals surface area contributed by atoms with E-state index in [0.29, 0.717) is 0 Å². The highest BCUT2D eigenvalue weighted by Gasteiger charge is 2.53. The van der Waals surface area contributed by atoms with E-state index < -0.39 is 99.1 Å². The number of methoxy groups -OCH3 is 2. The van der Waals surface area contributed by atoms with Crippen molar-refractivity contribution in [3.8, 4) is 0 Å². The summed E-state index contributed by atoms with van der Waals surface area (Å²) >= 11 is 0. The predicted octanol–water partition coefficient (Wildman–Crippen LogP) is -1.84. The van der Waals surface area contributed by atoms with Gasteiger partial charge in [0, 0.05) is 14.2 Å². The van der Waals surface area contributed by atoms with Crippen LogP contribution in [-0.4, -0.2) is 133 Å². The Labute approximate surface area is 310 Å². The molecule has 3 unspecified atom stereocenters. The first-order valence-electron chi connectivity index (χ1n) is 15.3. The van der Waals surface area contributed by atoms with Crippen molar-refractivity contribution < 1.29 is 89.0 Å². The second kappa shape index (κ2) is 15.9. The Morgan fingerprint density at radius 1 is 0.768 bits per heavy atom. The minimum Gasteiger partial charge on any atom is -0.387 e. The summed E-state index contributed by atoms with van der Waals surface area (Å²) in [6.45, 7) is -2.02. The SMILES string of the molecule is CO[C@@H]1[C@H](O)[C@@H](COP(=O)(O)O[C@H]2[C@@H](OC)[C@H](n3cnc4c(N)ncnc43)O[C@@H]2COP(=O)(O)OP(=O)(O)OP(=O)(O)O)O[C@H]1n1cnc2c(=O)[nH]c(N)nc21. The molecule has 0 aliphatic carbocycles. The van der Waals surface area contributed by atoms with Crippen LogP contribution in [0, 0.1) is 0 Å². The highest BCUT2D eigenvalue weighted by atomic mass is 31.3. The quantitative estimate of drug-likeness (QED) is 0.0558. The van der Waals surface area contributed by atoms with Crippen LogP contribution in [0.3, 0.4) is 0 Å². The molecule has 6 rings (SSSR count). The number of fused-ring (bicyclic) bond motifs is 2. The summed E-state index contributed by atoms with van der Waals surface area (Å²) in [4.78, 5) is 82.8. The molecule has 0 spiro atoms. The first kappa shape index (κ1) is 42.4. The number of imidazole rings is 2. The molecule has 6 heterocycles. The van der Waals surface area contributed by atoms with E-state index in [0.717, 1.165) is 13.4 Å². The van der Waals surface area contributed by atoms with E-state index in [-0.39, 0.29) is 34.1 Å². The number of hydrogen-bond donors (Lipinski definition) is 9. The van der Waals surface area contributed by atoms with E-state index in [9.17, 15) is 42.8 Å². The van der Waals surface area contributed by atoms with Gasteiger partial charge >= 0.3 is 31.3 Å². The summed E-state index contributed by atoms with van der Waals surface area (Å²) < 4.78 is 96.8. The number of nitrogen functional groups attached to an aromatic ring is 2. The molecule has 2 aliphatic heterocycles. The molecule has 30 nitrogen and oxygen atoms in total. The van der Waals surface area contributed by atoms with Crippen molar-refractivity contribution in [1.82, 2.24) is 39.0 Å². The molecule has 310 valence electrons. The summed E-state index contributed by atoms with van der Waals surface area (Å²) in [6, 6.07) is 0. The van der Waals surface area contributed by atoms with Gasteiger partial charge in [-0.15, -0.1) is 0 Å². The number of aliphatic hydroxyl groups is 1. The number of phosphoric ester groups is 2. The second-order valence-corrected chi connectivity index (χ2v) is 17.4. The maximum Gasteiger partial charge on any atom is 0.490 e. The van der Waals surface area contributed by atoms with E-state index in [1.807, 2.05) is 0 Å². The Hall–Kier alpha value is -3.18. The number of aromatic amines is 1. The Kier molecular flexibility index (Phi) is 12.0. The van der Waals surface area contributed by atoms with Gasteiger partial charge in [-0.2, -0.15) is 13.6 Å². The lowest BCUT2D eigenvalue weighted by atomic mass is 10.1. The normalized spacial score (nSPS) is 29.1. The van der Waals surface area contributed by atoms with E-state index in [2.05, 4.69) is 38.5 Å². The first-order valence-corrected chi connectivity index (χ1v) is 21.3. The van der Waals surface area contributed by atoms with Crippen molar-refractivity contribution in [2.24, 2.45) is 0 Å². The van der Waals surface area contributed by atoms with Crippen LogP contribution in [0.5, 0.6) is 0 Å². The molecular formula is C22H32N10O20P4. The molecule has 0 radical (unpaired) electrons. The summed E-state index contributed by atoms with van der Waals surface area (Å²) in [5.74, 6) is -0.294. The maximum absolute atomic E-state index is 13.5. The van der Waals surface area contributed by atoms with Crippen LogP contribution in [0.15, 0.2) is 23.8 Å². The molecular weight excluding hydrogens is 848 g/mol. The molecule has 34 heteroatoms. The van der Waals surface area contributed by atoms with E-state index >= 15 is 0 Å². The summed E-state index contributed by atoms with van der Waals surface area (Å²) in [5, 5.41) is 11.0. The molecule has 0 aromatic carbocycles. The lowest BCUT2D eigenvalue weighted by Gasteiger charge is -2.26. The number of hydrogen-bond acceptors (Lipinski definition) is 22.